The number of aliphatic hydroxyl groups is 1. The van der Waals surface area contributed by atoms with Crippen LogP contribution in [0.25, 0.3) is 0 Å². The molecule has 0 aliphatic carbocycles. The fourth-order valence-electron chi connectivity index (χ4n) is 1.61. The molecule has 0 saturated carbocycles. The number of nitro groups is 1. The summed E-state index contributed by atoms with van der Waals surface area (Å²) >= 11 is 5.17. The fraction of sp³-hybridized carbons (Fsp3) is 0.462. The van der Waals surface area contributed by atoms with Crippen molar-refractivity contribution in [3.05, 3.63) is 27.8 Å². The summed E-state index contributed by atoms with van der Waals surface area (Å²) in [4.78, 5) is 10.4. The number of benzene rings is 1. The van der Waals surface area contributed by atoms with Gasteiger partial charge in [-0.2, -0.15) is 0 Å². The second-order valence-corrected chi connectivity index (χ2v) is 5.63. The van der Waals surface area contributed by atoms with Crippen molar-refractivity contribution in [2.45, 2.75) is 26.3 Å². The van der Waals surface area contributed by atoms with E-state index in [0.717, 1.165) is 0 Å². The maximum atomic E-state index is 10.9. The number of nitro benzene ring substituents is 1. The summed E-state index contributed by atoms with van der Waals surface area (Å²) in [6.07, 6.45) is 0. The lowest BCUT2D eigenvalue weighted by Crippen LogP contribution is -2.48. The van der Waals surface area contributed by atoms with Crippen LogP contribution in [0.1, 0.15) is 19.4 Å². The zero-order chi connectivity index (χ0) is 16.2. The van der Waals surface area contributed by atoms with Gasteiger partial charge in [0.05, 0.1) is 24.2 Å². The maximum Gasteiger partial charge on any atom is 0.311 e. The smallest absolute Gasteiger partial charge is 0.311 e. The molecule has 0 aliphatic rings. The van der Waals surface area contributed by atoms with E-state index in [9.17, 15) is 15.2 Å². The van der Waals surface area contributed by atoms with E-state index >= 15 is 0 Å². The molecule has 0 amide bonds. The Balaban J connectivity index is 2.99. The van der Waals surface area contributed by atoms with Gasteiger partial charge in [0.15, 0.2) is 10.9 Å². The molecule has 0 aliphatic heterocycles. The van der Waals surface area contributed by atoms with Crippen LogP contribution in [0.5, 0.6) is 5.75 Å². The van der Waals surface area contributed by atoms with Gasteiger partial charge in [0, 0.05) is 17.8 Å². The largest absolute Gasteiger partial charge is 0.490 e. The van der Waals surface area contributed by atoms with Gasteiger partial charge in [-0.3, -0.25) is 10.1 Å². The van der Waals surface area contributed by atoms with Gasteiger partial charge < -0.3 is 20.5 Å². The van der Waals surface area contributed by atoms with Gasteiger partial charge in [-0.1, -0.05) is 0 Å². The number of thiocarbonyl (C=S) groups is 1. The zero-order valence-corrected chi connectivity index (χ0v) is 13.2. The van der Waals surface area contributed by atoms with Crippen molar-refractivity contribution in [3.63, 3.8) is 0 Å². The summed E-state index contributed by atoms with van der Waals surface area (Å²) in [7, 11) is 1.37. The SMILES string of the molecule is COc1cc(NC(=S)NC(C)(C)CO)c(C)cc1[N+](=O)[O-]. The predicted molar refractivity (Wildman–Crippen MR) is 84.9 cm³/mol. The summed E-state index contributed by atoms with van der Waals surface area (Å²) in [5, 5.41) is 26.3. The van der Waals surface area contributed by atoms with E-state index in [2.05, 4.69) is 10.6 Å². The molecule has 0 bridgehead atoms. The average Bonchev–Trinajstić information content (AvgIpc) is 2.39. The molecule has 1 aromatic rings. The van der Waals surface area contributed by atoms with E-state index in [1.165, 1.54) is 19.2 Å². The average molecular weight is 313 g/mol. The molecule has 116 valence electrons. The molecule has 1 aromatic carbocycles. The van der Waals surface area contributed by atoms with E-state index in [0.29, 0.717) is 16.4 Å². The molecule has 21 heavy (non-hydrogen) atoms. The number of aliphatic hydroxyl groups excluding tert-OH is 1. The summed E-state index contributed by atoms with van der Waals surface area (Å²) < 4.78 is 5.02. The Kier molecular flexibility index (Phi) is 5.45. The van der Waals surface area contributed by atoms with Gasteiger partial charge in [-0.15, -0.1) is 0 Å². The molecule has 0 spiro atoms. The van der Waals surface area contributed by atoms with Crippen LogP contribution < -0.4 is 15.4 Å². The molecule has 8 heteroatoms. The van der Waals surface area contributed by atoms with Crippen LogP contribution in [-0.2, 0) is 0 Å². The minimum Gasteiger partial charge on any atom is -0.490 e. The molecule has 3 N–H and O–H groups in total. The first-order chi connectivity index (χ1) is 9.70. The number of anilines is 1. The number of ether oxygens (including phenoxy) is 1. The van der Waals surface area contributed by atoms with Crippen molar-refractivity contribution in [2.75, 3.05) is 19.0 Å². The lowest BCUT2D eigenvalue weighted by atomic mass is 10.1. The molecule has 0 aromatic heterocycles. The number of nitrogens with zero attached hydrogens (tertiary/aromatic N) is 1. The van der Waals surface area contributed by atoms with E-state index in [-0.39, 0.29) is 18.0 Å². The highest BCUT2D eigenvalue weighted by atomic mass is 32.1. The first-order valence-electron chi connectivity index (χ1n) is 6.23. The number of methoxy groups -OCH3 is 1. The molecule has 7 nitrogen and oxygen atoms in total. The predicted octanol–water partition coefficient (Wildman–Crippen LogP) is 1.97. The number of aryl methyl sites for hydroxylation is 1. The topological polar surface area (TPSA) is 96.7 Å². The molecule has 1 rings (SSSR count). The molecule has 0 fully saturated rings. The van der Waals surface area contributed by atoms with Crippen LogP contribution in [0, 0.1) is 17.0 Å². The zero-order valence-electron chi connectivity index (χ0n) is 12.4. The van der Waals surface area contributed by atoms with Gasteiger partial charge in [0.25, 0.3) is 0 Å². The third-order valence-electron chi connectivity index (χ3n) is 2.82. The minimum atomic E-state index is -0.567. The number of rotatable bonds is 5. The van der Waals surface area contributed by atoms with Crippen LogP contribution in [0.3, 0.4) is 0 Å². The molecule has 0 heterocycles. The van der Waals surface area contributed by atoms with Crippen LogP contribution in [-0.4, -0.2) is 34.4 Å². The molecule has 0 saturated heterocycles. The first kappa shape index (κ1) is 17.1. The maximum absolute atomic E-state index is 10.9. The lowest BCUT2D eigenvalue weighted by Gasteiger charge is -2.26. The number of hydrogen-bond acceptors (Lipinski definition) is 5. The molecule has 0 unspecified atom stereocenters. The van der Waals surface area contributed by atoms with Crippen molar-refractivity contribution >= 4 is 28.7 Å². The minimum absolute atomic E-state index is 0.0859. The Labute approximate surface area is 128 Å². The van der Waals surface area contributed by atoms with Gasteiger partial charge >= 0.3 is 5.69 Å². The second kappa shape index (κ2) is 6.68. The summed E-state index contributed by atoms with van der Waals surface area (Å²) in [5.74, 6) is 0.150. The van der Waals surface area contributed by atoms with Crippen molar-refractivity contribution in [1.82, 2.24) is 5.32 Å². The summed E-state index contributed by atoms with van der Waals surface area (Å²) in [6, 6.07) is 2.94. The Morgan fingerprint density at radius 2 is 2.14 bits per heavy atom. The third kappa shape index (κ3) is 4.54. The summed E-state index contributed by atoms with van der Waals surface area (Å²) in [5.41, 5.74) is 0.593. The number of nitrogens with one attached hydrogen (secondary N) is 2. The van der Waals surface area contributed by atoms with E-state index in [4.69, 9.17) is 17.0 Å². The van der Waals surface area contributed by atoms with Gasteiger partial charge in [0.1, 0.15) is 0 Å². The van der Waals surface area contributed by atoms with E-state index in [1.807, 2.05) is 0 Å². The Morgan fingerprint density at radius 3 is 2.62 bits per heavy atom. The van der Waals surface area contributed by atoms with E-state index < -0.39 is 10.5 Å². The van der Waals surface area contributed by atoms with Gasteiger partial charge in [0.2, 0.25) is 0 Å². The summed E-state index contributed by atoms with van der Waals surface area (Å²) in [6.45, 7) is 5.24. The van der Waals surface area contributed by atoms with Crippen LogP contribution in [0.2, 0.25) is 0 Å². The molecular formula is C13H19N3O4S. The molecular weight excluding hydrogens is 294 g/mol. The van der Waals surface area contributed by atoms with Crippen LogP contribution >= 0.6 is 12.2 Å². The Morgan fingerprint density at radius 1 is 1.52 bits per heavy atom. The Hall–Kier alpha value is -1.93. The normalized spacial score (nSPS) is 10.9. The van der Waals surface area contributed by atoms with Crippen molar-refractivity contribution in [2.24, 2.45) is 0 Å². The van der Waals surface area contributed by atoms with Crippen molar-refractivity contribution in [3.8, 4) is 5.75 Å². The lowest BCUT2D eigenvalue weighted by molar-refractivity contribution is -0.385. The fourth-order valence-corrected chi connectivity index (χ4v) is 2.00. The monoisotopic (exact) mass is 313 g/mol. The van der Waals surface area contributed by atoms with Gasteiger partial charge in [-0.25, -0.2) is 0 Å². The van der Waals surface area contributed by atoms with Crippen molar-refractivity contribution in [1.29, 1.82) is 0 Å². The Bertz CT molecular complexity index is 561. The van der Waals surface area contributed by atoms with Crippen molar-refractivity contribution < 1.29 is 14.8 Å². The highest BCUT2D eigenvalue weighted by Crippen LogP contribution is 2.32. The van der Waals surface area contributed by atoms with Gasteiger partial charge in [-0.05, 0) is 38.6 Å². The van der Waals surface area contributed by atoms with Crippen LogP contribution in [0.4, 0.5) is 11.4 Å². The standard InChI is InChI=1S/C13H19N3O4S/c1-8-5-10(16(18)19)11(20-4)6-9(8)14-12(21)15-13(2,3)7-17/h5-6,17H,7H2,1-4H3,(H2,14,15,21). The van der Waals surface area contributed by atoms with E-state index in [1.54, 1.807) is 20.8 Å². The highest BCUT2D eigenvalue weighted by Gasteiger charge is 2.20. The first-order valence-corrected chi connectivity index (χ1v) is 6.64. The third-order valence-corrected chi connectivity index (χ3v) is 3.02. The quantitative estimate of drug-likeness (QED) is 0.434. The molecule has 0 atom stereocenters. The number of hydrogen-bond donors (Lipinski definition) is 3. The second-order valence-electron chi connectivity index (χ2n) is 5.22. The highest BCUT2D eigenvalue weighted by molar-refractivity contribution is 7.80. The molecule has 0 radical (unpaired) electrons. The van der Waals surface area contributed by atoms with Crippen LogP contribution in [0.15, 0.2) is 12.1 Å².